The minimum Gasteiger partial charge on any atom is -0.484 e. The molecule has 3 unspecified atom stereocenters. The van der Waals surface area contributed by atoms with Crippen molar-refractivity contribution in [1.82, 2.24) is 16.0 Å². The number of hydrogen-bond donors (Lipinski definition) is 3. The zero-order valence-corrected chi connectivity index (χ0v) is 21.3. The number of likely N-dealkylation sites (N-methyl/N-ethyl adjacent to an activating group) is 1. The Morgan fingerprint density at radius 3 is 2.77 bits per heavy atom. The van der Waals surface area contributed by atoms with Gasteiger partial charge in [0, 0.05) is 48.0 Å². The van der Waals surface area contributed by atoms with E-state index in [1.807, 2.05) is 38.1 Å². The summed E-state index contributed by atoms with van der Waals surface area (Å²) in [7, 11) is 1.02. The summed E-state index contributed by atoms with van der Waals surface area (Å²) in [5, 5.41) is 9.80. The first-order valence-corrected chi connectivity index (χ1v) is 11.8. The van der Waals surface area contributed by atoms with Crippen molar-refractivity contribution in [1.29, 1.82) is 0 Å². The zero-order valence-electron chi connectivity index (χ0n) is 18.1. The quantitative estimate of drug-likeness (QED) is 0.250. The number of nitrogens with one attached hydrogen (secondary N) is 3. The van der Waals surface area contributed by atoms with Gasteiger partial charge < -0.3 is 20.7 Å². The van der Waals surface area contributed by atoms with Crippen LogP contribution in [-0.2, 0) is 22.1 Å². The Morgan fingerprint density at radius 1 is 1.27 bits per heavy atom. The number of nitrogens with zero attached hydrogens (tertiary/aromatic N) is 1. The lowest BCUT2D eigenvalue weighted by atomic mass is 9.95. The minimum atomic E-state index is -0.737. The van der Waals surface area contributed by atoms with Gasteiger partial charge in [-0.25, -0.2) is 0 Å². The van der Waals surface area contributed by atoms with Crippen LogP contribution < -0.4 is 20.7 Å². The van der Waals surface area contributed by atoms with Gasteiger partial charge in [0.15, 0.2) is 12.6 Å². The Morgan fingerprint density at radius 2 is 2.07 bits per heavy atom. The second-order valence-electron chi connectivity index (χ2n) is 7.11. The fourth-order valence-electron chi connectivity index (χ4n) is 3.47. The van der Waals surface area contributed by atoms with E-state index < -0.39 is 10.8 Å². The van der Waals surface area contributed by atoms with E-state index in [1.165, 1.54) is 0 Å². The van der Waals surface area contributed by atoms with Crippen molar-refractivity contribution in [3.63, 3.8) is 0 Å². The SMILES string of the molecule is CCNC(=O)COc1cccc(CNC(=NC)NC2CCCC(S(=O)CC)C2)c1.I. The molecular formula is C21H35IN4O3S. The van der Waals surface area contributed by atoms with Gasteiger partial charge in [-0.2, -0.15) is 0 Å². The number of carbonyl (C=O) groups is 1. The maximum absolute atomic E-state index is 12.1. The van der Waals surface area contributed by atoms with Gasteiger partial charge in [0.05, 0.1) is 0 Å². The highest BCUT2D eigenvalue weighted by Crippen LogP contribution is 2.23. The van der Waals surface area contributed by atoms with Crippen molar-refractivity contribution in [3.05, 3.63) is 29.8 Å². The van der Waals surface area contributed by atoms with Crippen LogP contribution in [-0.4, -0.2) is 53.3 Å². The van der Waals surface area contributed by atoms with E-state index in [-0.39, 0.29) is 41.7 Å². The minimum absolute atomic E-state index is 0. The van der Waals surface area contributed by atoms with Gasteiger partial charge in [0.25, 0.3) is 5.91 Å². The Bertz CT molecular complexity index is 717. The molecule has 0 aromatic heterocycles. The summed E-state index contributed by atoms with van der Waals surface area (Å²) in [5.74, 6) is 2.00. The van der Waals surface area contributed by atoms with Gasteiger partial charge in [-0.15, -0.1) is 24.0 Å². The van der Waals surface area contributed by atoms with E-state index in [4.69, 9.17) is 4.74 Å². The molecule has 0 heterocycles. The van der Waals surface area contributed by atoms with Crippen LogP contribution in [0.25, 0.3) is 0 Å². The maximum atomic E-state index is 12.1. The predicted octanol–water partition coefficient (Wildman–Crippen LogP) is 2.56. The fraction of sp³-hybridized carbons (Fsp3) is 0.619. The summed E-state index contributed by atoms with van der Waals surface area (Å²) in [5.41, 5.74) is 1.04. The van der Waals surface area contributed by atoms with Gasteiger partial charge in [-0.3, -0.25) is 14.0 Å². The van der Waals surface area contributed by atoms with E-state index in [0.29, 0.717) is 24.9 Å². The molecular weight excluding hydrogens is 515 g/mol. The molecule has 30 heavy (non-hydrogen) atoms. The highest BCUT2D eigenvalue weighted by Gasteiger charge is 2.26. The largest absolute Gasteiger partial charge is 0.484 e. The molecule has 0 aliphatic heterocycles. The van der Waals surface area contributed by atoms with Crippen LogP contribution in [0.2, 0.25) is 0 Å². The number of hydrogen-bond acceptors (Lipinski definition) is 4. The molecule has 1 saturated carbocycles. The molecule has 1 aromatic rings. The van der Waals surface area contributed by atoms with Gasteiger partial charge in [0.1, 0.15) is 5.75 Å². The van der Waals surface area contributed by atoms with Crippen LogP contribution in [0.1, 0.15) is 45.1 Å². The first-order valence-electron chi connectivity index (χ1n) is 10.4. The molecule has 3 N–H and O–H groups in total. The van der Waals surface area contributed by atoms with Crippen LogP contribution in [0.4, 0.5) is 0 Å². The molecule has 0 spiro atoms. The lowest BCUT2D eigenvalue weighted by Crippen LogP contribution is -2.46. The lowest BCUT2D eigenvalue weighted by Gasteiger charge is -2.30. The number of halogens is 1. The van der Waals surface area contributed by atoms with Gasteiger partial charge >= 0.3 is 0 Å². The van der Waals surface area contributed by atoms with Crippen LogP contribution in [0.3, 0.4) is 0 Å². The van der Waals surface area contributed by atoms with E-state index in [0.717, 1.165) is 43.0 Å². The van der Waals surface area contributed by atoms with Gasteiger partial charge in [-0.1, -0.05) is 25.5 Å². The molecule has 0 bridgehead atoms. The molecule has 7 nitrogen and oxygen atoms in total. The van der Waals surface area contributed by atoms with Crippen molar-refractivity contribution in [2.45, 2.75) is 57.4 Å². The molecule has 1 amide bonds. The van der Waals surface area contributed by atoms with E-state index >= 15 is 0 Å². The molecule has 3 atom stereocenters. The van der Waals surface area contributed by atoms with Crippen molar-refractivity contribution in [2.75, 3.05) is 26.0 Å². The molecule has 0 radical (unpaired) electrons. The monoisotopic (exact) mass is 550 g/mol. The first-order chi connectivity index (χ1) is 14.0. The smallest absolute Gasteiger partial charge is 0.257 e. The molecule has 9 heteroatoms. The van der Waals surface area contributed by atoms with Crippen molar-refractivity contribution in [3.8, 4) is 5.75 Å². The summed E-state index contributed by atoms with van der Waals surface area (Å²) in [4.78, 5) is 15.9. The maximum Gasteiger partial charge on any atom is 0.257 e. The van der Waals surface area contributed by atoms with Crippen LogP contribution >= 0.6 is 24.0 Å². The second kappa shape index (κ2) is 14.6. The third-order valence-corrected chi connectivity index (χ3v) is 6.69. The number of carbonyl (C=O) groups excluding carboxylic acids is 1. The Labute approximate surface area is 199 Å². The highest BCUT2D eigenvalue weighted by atomic mass is 127. The molecule has 170 valence electrons. The molecule has 1 aromatic carbocycles. The Balaban J connectivity index is 0.00000450. The van der Waals surface area contributed by atoms with Crippen molar-refractivity contribution >= 4 is 46.6 Å². The number of aliphatic imine (C=N–C) groups is 1. The van der Waals surface area contributed by atoms with E-state index in [2.05, 4.69) is 20.9 Å². The summed E-state index contributed by atoms with van der Waals surface area (Å²) in [6.45, 7) is 5.06. The molecule has 0 saturated heterocycles. The van der Waals surface area contributed by atoms with Crippen LogP contribution in [0.5, 0.6) is 5.75 Å². The lowest BCUT2D eigenvalue weighted by molar-refractivity contribution is -0.122. The Kier molecular flexibility index (Phi) is 13.0. The van der Waals surface area contributed by atoms with Crippen LogP contribution in [0, 0.1) is 0 Å². The Hall–Kier alpha value is -1.36. The first kappa shape index (κ1) is 26.7. The van der Waals surface area contributed by atoms with Crippen molar-refractivity contribution < 1.29 is 13.7 Å². The second-order valence-corrected chi connectivity index (χ2v) is 9.12. The van der Waals surface area contributed by atoms with Gasteiger partial charge in [-0.05, 0) is 43.9 Å². The number of amides is 1. The molecule has 1 fully saturated rings. The average molecular weight is 551 g/mol. The number of guanidine groups is 1. The normalized spacial score (nSPS) is 19.9. The fourth-order valence-corrected chi connectivity index (χ4v) is 4.81. The average Bonchev–Trinajstić information content (AvgIpc) is 2.75. The summed E-state index contributed by atoms with van der Waals surface area (Å²) in [6.07, 6.45) is 4.13. The van der Waals surface area contributed by atoms with E-state index in [1.54, 1.807) is 7.05 Å². The standard InChI is InChI=1S/C21H34N4O3S.HI/c1-4-23-20(26)15-28-18-10-6-8-16(12-18)14-24-21(22-3)25-17-9-7-11-19(13-17)29(27)5-2;/h6,8,10,12,17,19H,4-5,7,9,11,13-15H2,1-3H3,(H,23,26)(H2,22,24,25);1H. The summed E-state index contributed by atoms with van der Waals surface area (Å²) in [6, 6.07) is 7.96. The molecule has 2 rings (SSSR count). The van der Waals surface area contributed by atoms with Crippen LogP contribution in [0.15, 0.2) is 29.3 Å². The third-order valence-electron chi connectivity index (χ3n) is 4.95. The topological polar surface area (TPSA) is 91.8 Å². The number of ether oxygens (including phenoxy) is 1. The highest BCUT2D eigenvalue weighted by molar-refractivity contribution is 14.0. The predicted molar refractivity (Wildman–Crippen MR) is 134 cm³/mol. The third kappa shape index (κ3) is 9.20. The summed E-state index contributed by atoms with van der Waals surface area (Å²) < 4.78 is 17.7. The van der Waals surface area contributed by atoms with E-state index in [9.17, 15) is 9.00 Å². The number of rotatable bonds is 9. The van der Waals surface area contributed by atoms with Crippen molar-refractivity contribution in [2.24, 2.45) is 4.99 Å². The van der Waals surface area contributed by atoms with Gasteiger partial charge in [0.2, 0.25) is 0 Å². The number of benzene rings is 1. The molecule has 1 aliphatic carbocycles. The zero-order chi connectivity index (χ0) is 21.1. The molecule has 1 aliphatic rings. The summed E-state index contributed by atoms with van der Waals surface area (Å²) >= 11 is 0.